The second-order valence-corrected chi connectivity index (χ2v) is 5.46. The van der Waals surface area contributed by atoms with Crippen molar-refractivity contribution < 1.29 is 4.39 Å². The fourth-order valence-electron chi connectivity index (χ4n) is 2.25. The number of anilines is 1. The van der Waals surface area contributed by atoms with Gasteiger partial charge in [0.2, 0.25) is 0 Å². The molecular weight excluding hydrogens is 287 g/mol. The Morgan fingerprint density at radius 3 is 1.96 bits per heavy atom. The first-order chi connectivity index (χ1) is 11.1. The third-order valence-corrected chi connectivity index (χ3v) is 3.64. The van der Waals surface area contributed by atoms with Crippen LogP contribution in [0, 0.1) is 17.1 Å². The summed E-state index contributed by atoms with van der Waals surface area (Å²) in [7, 11) is 0. The lowest BCUT2D eigenvalue weighted by Crippen LogP contribution is -1.97. The molecule has 2 nitrogen and oxygen atoms in total. The Hall–Kier alpha value is -2.42. The molecule has 2 aromatic carbocycles. The molecule has 0 aliphatic heterocycles. The standard InChI is InChI=1S/C19H22FN.CH3N/c1-4-15(14(2)3)13-21-19-11-7-17(8-12-19)16-5-9-18(20)10-6-16;1-2/h5-14,21H,4H2,1-3H3;2H,1H2/b15-13+;. The maximum absolute atomic E-state index is 12.9. The Labute approximate surface area is 138 Å². The fourth-order valence-corrected chi connectivity index (χ4v) is 2.25. The van der Waals surface area contributed by atoms with Crippen LogP contribution in [0.25, 0.3) is 11.1 Å². The minimum atomic E-state index is -0.206. The summed E-state index contributed by atoms with van der Waals surface area (Å²) < 4.78 is 12.9. The van der Waals surface area contributed by atoms with Gasteiger partial charge in [0.1, 0.15) is 5.82 Å². The van der Waals surface area contributed by atoms with E-state index in [1.165, 1.54) is 17.7 Å². The number of hydrogen-bond acceptors (Lipinski definition) is 2. The molecule has 0 fully saturated rings. The van der Waals surface area contributed by atoms with Crippen molar-refractivity contribution in [2.24, 2.45) is 5.92 Å². The zero-order chi connectivity index (χ0) is 17.2. The maximum Gasteiger partial charge on any atom is 0.123 e. The van der Waals surface area contributed by atoms with E-state index in [0.29, 0.717) is 5.92 Å². The van der Waals surface area contributed by atoms with Gasteiger partial charge in [0.25, 0.3) is 0 Å². The van der Waals surface area contributed by atoms with Crippen molar-refractivity contribution in [3.05, 3.63) is 66.1 Å². The van der Waals surface area contributed by atoms with Gasteiger partial charge in [0, 0.05) is 11.9 Å². The van der Waals surface area contributed by atoms with Crippen LogP contribution in [0.4, 0.5) is 10.1 Å². The summed E-state index contributed by atoms with van der Waals surface area (Å²) in [6, 6.07) is 14.7. The lowest BCUT2D eigenvalue weighted by Gasteiger charge is -2.10. The number of rotatable bonds is 5. The molecule has 2 rings (SSSR count). The largest absolute Gasteiger partial charge is 0.362 e. The van der Waals surface area contributed by atoms with E-state index < -0.39 is 0 Å². The molecule has 122 valence electrons. The van der Waals surface area contributed by atoms with Gasteiger partial charge in [-0.3, -0.25) is 0 Å². The molecule has 0 aromatic heterocycles. The van der Waals surface area contributed by atoms with Crippen molar-refractivity contribution in [3.8, 4) is 11.1 Å². The zero-order valence-electron chi connectivity index (χ0n) is 14.1. The number of allylic oxidation sites excluding steroid dienone is 1. The van der Waals surface area contributed by atoms with Gasteiger partial charge in [-0.2, -0.15) is 0 Å². The lowest BCUT2D eigenvalue weighted by molar-refractivity contribution is 0.628. The molecular formula is C20H25FN2. The van der Waals surface area contributed by atoms with Gasteiger partial charge in [-0.25, -0.2) is 4.39 Å². The van der Waals surface area contributed by atoms with E-state index in [9.17, 15) is 4.39 Å². The minimum Gasteiger partial charge on any atom is -0.362 e. The van der Waals surface area contributed by atoms with Crippen LogP contribution >= 0.6 is 0 Å². The highest BCUT2D eigenvalue weighted by atomic mass is 19.1. The number of hydrogen-bond donors (Lipinski definition) is 2. The predicted octanol–water partition coefficient (Wildman–Crippen LogP) is 6.12. The minimum absolute atomic E-state index is 0.206. The normalized spacial score (nSPS) is 10.9. The number of halogens is 1. The molecule has 0 saturated carbocycles. The highest BCUT2D eigenvalue weighted by Crippen LogP contribution is 2.22. The first-order valence-corrected chi connectivity index (χ1v) is 7.77. The molecule has 0 aliphatic carbocycles. The Kier molecular flexibility index (Phi) is 7.75. The van der Waals surface area contributed by atoms with Crippen LogP contribution in [-0.2, 0) is 0 Å². The molecule has 2 N–H and O–H groups in total. The molecule has 0 amide bonds. The van der Waals surface area contributed by atoms with Crippen LogP contribution in [0.15, 0.2) is 60.3 Å². The highest BCUT2D eigenvalue weighted by Gasteiger charge is 2.01. The predicted molar refractivity (Wildman–Crippen MR) is 98.5 cm³/mol. The van der Waals surface area contributed by atoms with E-state index in [4.69, 9.17) is 5.41 Å². The van der Waals surface area contributed by atoms with E-state index >= 15 is 0 Å². The average molecular weight is 312 g/mol. The van der Waals surface area contributed by atoms with Gasteiger partial charge in [0.15, 0.2) is 0 Å². The van der Waals surface area contributed by atoms with Crippen LogP contribution in [0.1, 0.15) is 27.2 Å². The van der Waals surface area contributed by atoms with Gasteiger partial charge >= 0.3 is 0 Å². The van der Waals surface area contributed by atoms with Gasteiger partial charge in [-0.05, 0) is 54.4 Å². The van der Waals surface area contributed by atoms with Crippen LogP contribution in [-0.4, -0.2) is 6.72 Å². The van der Waals surface area contributed by atoms with E-state index in [1.807, 2.05) is 24.3 Å². The lowest BCUT2D eigenvalue weighted by atomic mass is 10.0. The van der Waals surface area contributed by atoms with Gasteiger partial charge in [-0.1, -0.05) is 50.6 Å². The zero-order valence-corrected chi connectivity index (χ0v) is 14.1. The van der Waals surface area contributed by atoms with E-state index in [1.54, 1.807) is 12.1 Å². The van der Waals surface area contributed by atoms with E-state index in [0.717, 1.165) is 23.2 Å². The Morgan fingerprint density at radius 1 is 1.04 bits per heavy atom. The van der Waals surface area contributed by atoms with Crippen molar-refractivity contribution >= 4 is 12.4 Å². The Morgan fingerprint density at radius 2 is 1.52 bits per heavy atom. The van der Waals surface area contributed by atoms with Crippen LogP contribution in [0.3, 0.4) is 0 Å². The number of nitrogens with one attached hydrogen (secondary N) is 2. The summed E-state index contributed by atoms with van der Waals surface area (Å²) >= 11 is 0. The maximum atomic E-state index is 12.9. The average Bonchev–Trinajstić information content (AvgIpc) is 2.58. The number of benzene rings is 2. The van der Waals surface area contributed by atoms with E-state index in [2.05, 4.69) is 39.0 Å². The Bertz CT molecular complexity index is 613. The smallest absolute Gasteiger partial charge is 0.123 e. The van der Waals surface area contributed by atoms with Crippen molar-refractivity contribution in [1.82, 2.24) is 0 Å². The molecule has 2 aromatic rings. The Balaban J connectivity index is 0.00000127. The molecule has 0 unspecified atom stereocenters. The highest BCUT2D eigenvalue weighted by molar-refractivity contribution is 5.66. The molecule has 3 heteroatoms. The topological polar surface area (TPSA) is 35.9 Å². The summed E-state index contributed by atoms with van der Waals surface area (Å²) in [5.74, 6) is 0.351. The second kappa shape index (κ2) is 9.57. The van der Waals surface area contributed by atoms with Crippen molar-refractivity contribution in [1.29, 1.82) is 5.41 Å². The molecule has 0 spiro atoms. The van der Waals surface area contributed by atoms with Crippen molar-refractivity contribution in [2.45, 2.75) is 27.2 Å². The van der Waals surface area contributed by atoms with Crippen molar-refractivity contribution in [2.75, 3.05) is 5.32 Å². The first-order valence-electron chi connectivity index (χ1n) is 7.77. The summed E-state index contributed by atoms with van der Waals surface area (Å²) in [5, 5.41) is 8.84. The van der Waals surface area contributed by atoms with Crippen LogP contribution in [0.5, 0.6) is 0 Å². The molecule has 23 heavy (non-hydrogen) atoms. The van der Waals surface area contributed by atoms with Gasteiger partial charge in [0.05, 0.1) is 0 Å². The molecule has 0 saturated heterocycles. The summed E-state index contributed by atoms with van der Waals surface area (Å²) in [4.78, 5) is 0. The third kappa shape index (κ3) is 5.70. The van der Waals surface area contributed by atoms with Gasteiger partial charge in [-0.15, -0.1) is 0 Å². The third-order valence-electron chi connectivity index (χ3n) is 3.64. The quantitative estimate of drug-likeness (QED) is 0.641. The molecule has 0 aliphatic rings. The van der Waals surface area contributed by atoms with Crippen molar-refractivity contribution in [3.63, 3.8) is 0 Å². The molecule has 0 heterocycles. The summed E-state index contributed by atoms with van der Waals surface area (Å²) in [6.07, 6.45) is 3.15. The summed E-state index contributed by atoms with van der Waals surface area (Å²) in [6.45, 7) is 9.08. The van der Waals surface area contributed by atoms with E-state index in [-0.39, 0.29) is 5.82 Å². The van der Waals surface area contributed by atoms with Gasteiger partial charge < -0.3 is 10.7 Å². The SMILES string of the molecule is C=N.CC/C(=C\Nc1ccc(-c2ccc(F)cc2)cc1)C(C)C. The first kappa shape index (κ1) is 18.6. The summed E-state index contributed by atoms with van der Waals surface area (Å²) in [5.41, 5.74) is 4.57. The van der Waals surface area contributed by atoms with Crippen LogP contribution in [0.2, 0.25) is 0 Å². The van der Waals surface area contributed by atoms with Crippen LogP contribution < -0.4 is 5.32 Å². The molecule has 0 radical (unpaired) electrons. The monoisotopic (exact) mass is 312 g/mol. The molecule has 0 bridgehead atoms. The second-order valence-electron chi connectivity index (χ2n) is 5.46. The fraction of sp³-hybridized carbons (Fsp3) is 0.250. The molecule has 0 atom stereocenters.